The summed E-state index contributed by atoms with van der Waals surface area (Å²) in [5.41, 5.74) is 9.22. The molecule has 7 nitrogen and oxygen atoms in total. The minimum atomic E-state index is -0.139. The number of methoxy groups -OCH3 is 1. The molecule has 1 aromatic heterocycles. The van der Waals surface area contributed by atoms with Gasteiger partial charge in [0.1, 0.15) is 17.7 Å². The van der Waals surface area contributed by atoms with Gasteiger partial charge in [0.15, 0.2) is 0 Å². The monoisotopic (exact) mass is 394 g/mol. The lowest BCUT2D eigenvalue weighted by Gasteiger charge is -2.30. The van der Waals surface area contributed by atoms with Gasteiger partial charge < -0.3 is 15.4 Å². The number of nitrogen functional groups attached to an aromatic ring is 1. The molecule has 152 valence electrons. The van der Waals surface area contributed by atoms with Gasteiger partial charge in [-0.05, 0) is 55.2 Å². The van der Waals surface area contributed by atoms with Gasteiger partial charge in [0, 0.05) is 25.1 Å². The molecule has 1 amide bonds. The number of esters is 1. The molecule has 1 saturated carbocycles. The summed E-state index contributed by atoms with van der Waals surface area (Å²) < 4.78 is 4.79. The molecule has 4 rings (SSSR count). The largest absolute Gasteiger partial charge is 0.469 e. The second kappa shape index (κ2) is 8.19. The number of amides is 1. The van der Waals surface area contributed by atoms with Crippen LogP contribution in [0, 0.1) is 5.92 Å². The Labute approximate surface area is 170 Å². The maximum absolute atomic E-state index is 12.9. The number of fused-ring (bicyclic) bond motifs is 1. The van der Waals surface area contributed by atoms with Crippen LogP contribution < -0.4 is 10.6 Å². The number of benzene rings is 1. The smallest absolute Gasteiger partial charge is 0.305 e. The quantitative estimate of drug-likeness (QED) is 0.800. The van der Waals surface area contributed by atoms with Crippen LogP contribution in [-0.2, 0) is 16.0 Å². The number of ether oxygens (including phenoxy) is 1. The Balaban J connectivity index is 1.42. The summed E-state index contributed by atoms with van der Waals surface area (Å²) in [6, 6.07) is 8.26. The Hall–Kier alpha value is -2.96. The highest BCUT2D eigenvalue weighted by Gasteiger charge is 2.29. The molecule has 2 aromatic rings. The summed E-state index contributed by atoms with van der Waals surface area (Å²) >= 11 is 0. The third kappa shape index (κ3) is 3.95. The van der Waals surface area contributed by atoms with E-state index in [1.807, 2.05) is 12.1 Å². The average Bonchev–Trinajstić information content (AvgIpc) is 2.75. The van der Waals surface area contributed by atoms with E-state index in [4.69, 9.17) is 10.5 Å². The highest BCUT2D eigenvalue weighted by atomic mass is 16.5. The number of hydrogen-bond donors (Lipinski definition) is 1. The molecule has 2 N–H and O–H groups in total. The summed E-state index contributed by atoms with van der Waals surface area (Å²) in [5, 5.41) is 0. The molecular formula is C22H26N4O3. The van der Waals surface area contributed by atoms with Crippen molar-refractivity contribution >= 4 is 23.4 Å². The van der Waals surface area contributed by atoms with Crippen molar-refractivity contribution in [3.8, 4) is 0 Å². The lowest BCUT2D eigenvalue weighted by molar-refractivity contribution is -0.142. The molecule has 1 aromatic carbocycles. The van der Waals surface area contributed by atoms with Crippen molar-refractivity contribution in [2.75, 3.05) is 24.3 Å². The number of carbonyl (C=O) groups is 2. The molecule has 1 aliphatic carbocycles. The van der Waals surface area contributed by atoms with E-state index in [0.717, 1.165) is 37.1 Å². The minimum Gasteiger partial charge on any atom is -0.469 e. The van der Waals surface area contributed by atoms with Crippen LogP contribution in [0.5, 0.6) is 0 Å². The van der Waals surface area contributed by atoms with Gasteiger partial charge in [0.05, 0.1) is 12.8 Å². The zero-order valence-corrected chi connectivity index (χ0v) is 16.6. The maximum Gasteiger partial charge on any atom is 0.305 e. The molecule has 0 radical (unpaired) electrons. The molecule has 2 heterocycles. The van der Waals surface area contributed by atoms with Crippen LogP contribution in [0.3, 0.4) is 0 Å². The van der Waals surface area contributed by atoms with E-state index in [2.05, 4.69) is 22.1 Å². The molecule has 0 spiro atoms. The molecule has 2 aliphatic rings. The summed E-state index contributed by atoms with van der Waals surface area (Å²) in [4.78, 5) is 34.3. The molecule has 0 atom stereocenters. The zero-order chi connectivity index (χ0) is 20.4. The van der Waals surface area contributed by atoms with Crippen LogP contribution in [-0.4, -0.2) is 35.5 Å². The van der Waals surface area contributed by atoms with Gasteiger partial charge in [-0.15, -0.1) is 0 Å². The fourth-order valence-corrected chi connectivity index (χ4v) is 4.51. The third-order valence-electron chi connectivity index (χ3n) is 6.19. The first kappa shape index (κ1) is 19.4. The van der Waals surface area contributed by atoms with Gasteiger partial charge >= 0.3 is 5.97 Å². The van der Waals surface area contributed by atoms with Gasteiger partial charge in [0.25, 0.3) is 5.91 Å². The highest BCUT2D eigenvalue weighted by molar-refractivity contribution is 6.10. The van der Waals surface area contributed by atoms with Crippen LogP contribution in [0.25, 0.3) is 0 Å². The molecule has 0 saturated heterocycles. The predicted molar refractivity (Wildman–Crippen MR) is 110 cm³/mol. The first-order valence-corrected chi connectivity index (χ1v) is 10.1. The minimum absolute atomic E-state index is 0.114. The Morgan fingerprint density at radius 3 is 2.59 bits per heavy atom. The van der Waals surface area contributed by atoms with E-state index in [0.29, 0.717) is 36.8 Å². The van der Waals surface area contributed by atoms with E-state index in [-0.39, 0.29) is 17.7 Å². The maximum atomic E-state index is 12.9. The third-order valence-corrected chi connectivity index (χ3v) is 6.19. The first-order valence-electron chi connectivity index (χ1n) is 10.1. The molecule has 1 fully saturated rings. The van der Waals surface area contributed by atoms with E-state index in [1.54, 1.807) is 4.90 Å². The van der Waals surface area contributed by atoms with Crippen LogP contribution >= 0.6 is 0 Å². The Morgan fingerprint density at radius 2 is 1.90 bits per heavy atom. The van der Waals surface area contributed by atoms with Crippen LogP contribution in [0.2, 0.25) is 0 Å². The van der Waals surface area contributed by atoms with E-state index in [1.165, 1.54) is 19.0 Å². The fraction of sp³-hybridized carbons (Fsp3) is 0.455. The number of nitrogens with two attached hydrogens (primary N) is 1. The van der Waals surface area contributed by atoms with Gasteiger partial charge in [-0.2, -0.15) is 0 Å². The lowest BCUT2D eigenvalue weighted by atomic mass is 9.77. The van der Waals surface area contributed by atoms with Gasteiger partial charge in [-0.25, -0.2) is 9.97 Å². The topological polar surface area (TPSA) is 98.4 Å². The molecule has 29 heavy (non-hydrogen) atoms. The summed E-state index contributed by atoms with van der Waals surface area (Å²) in [5.74, 6) is 0.915. The SMILES string of the molecule is COC(=O)CC1CCC(c2ccc(N3CCc4ncnc(N)c4C3=O)cc2)CC1. The van der Waals surface area contributed by atoms with E-state index in [9.17, 15) is 9.59 Å². The second-order valence-electron chi connectivity index (χ2n) is 7.88. The molecule has 1 aliphatic heterocycles. The molecule has 0 unspecified atom stereocenters. The van der Waals surface area contributed by atoms with Crippen molar-refractivity contribution in [3.63, 3.8) is 0 Å². The van der Waals surface area contributed by atoms with Crippen LogP contribution in [0.4, 0.5) is 11.5 Å². The Bertz CT molecular complexity index is 905. The molecule has 7 heteroatoms. The average molecular weight is 394 g/mol. The standard InChI is InChI=1S/C22H26N4O3/c1-29-19(27)12-14-2-4-15(5-3-14)16-6-8-17(9-7-16)26-11-10-18-20(22(26)28)21(23)25-13-24-18/h6-9,13-15H,2-5,10-12H2,1H3,(H2,23,24,25). The van der Waals surface area contributed by atoms with Crippen molar-refractivity contribution < 1.29 is 14.3 Å². The van der Waals surface area contributed by atoms with Gasteiger partial charge in [-0.3, -0.25) is 9.59 Å². The number of anilines is 2. The molecular weight excluding hydrogens is 368 g/mol. The first-order chi connectivity index (χ1) is 14.1. The Morgan fingerprint density at radius 1 is 1.17 bits per heavy atom. The number of carbonyl (C=O) groups excluding carboxylic acids is 2. The van der Waals surface area contributed by atoms with E-state index < -0.39 is 0 Å². The van der Waals surface area contributed by atoms with Crippen LogP contribution in [0.15, 0.2) is 30.6 Å². The summed E-state index contributed by atoms with van der Waals surface area (Å²) in [6.07, 6.45) is 6.83. The number of aromatic nitrogens is 2. The summed E-state index contributed by atoms with van der Waals surface area (Å²) in [6.45, 7) is 0.584. The van der Waals surface area contributed by atoms with Crippen molar-refractivity contribution in [2.45, 2.75) is 44.4 Å². The second-order valence-corrected chi connectivity index (χ2v) is 7.88. The number of rotatable bonds is 4. The lowest BCUT2D eigenvalue weighted by Crippen LogP contribution is -2.39. The number of nitrogens with zero attached hydrogens (tertiary/aromatic N) is 3. The number of hydrogen-bond acceptors (Lipinski definition) is 6. The van der Waals surface area contributed by atoms with Gasteiger partial charge in [0.2, 0.25) is 0 Å². The predicted octanol–water partition coefficient (Wildman–Crippen LogP) is 3.10. The zero-order valence-electron chi connectivity index (χ0n) is 16.6. The van der Waals surface area contributed by atoms with Gasteiger partial charge in [-0.1, -0.05) is 12.1 Å². The normalized spacial score (nSPS) is 21.6. The molecule has 0 bridgehead atoms. The van der Waals surface area contributed by atoms with Crippen molar-refractivity contribution in [2.24, 2.45) is 5.92 Å². The summed E-state index contributed by atoms with van der Waals surface area (Å²) in [7, 11) is 1.45. The van der Waals surface area contributed by atoms with E-state index >= 15 is 0 Å². The Kier molecular flexibility index (Phi) is 5.47. The van der Waals surface area contributed by atoms with Crippen molar-refractivity contribution in [1.29, 1.82) is 0 Å². The van der Waals surface area contributed by atoms with Crippen molar-refractivity contribution in [1.82, 2.24) is 9.97 Å². The van der Waals surface area contributed by atoms with Crippen molar-refractivity contribution in [3.05, 3.63) is 47.4 Å². The van der Waals surface area contributed by atoms with Crippen LogP contribution in [0.1, 0.15) is 59.6 Å². The highest BCUT2D eigenvalue weighted by Crippen LogP contribution is 2.38. The fourth-order valence-electron chi connectivity index (χ4n) is 4.51.